The molecule has 0 fully saturated rings. The second-order valence-corrected chi connectivity index (χ2v) is 5.12. The molecule has 0 atom stereocenters. The van der Waals surface area contributed by atoms with Crippen LogP contribution in [0.5, 0.6) is 0 Å². The van der Waals surface area contributed by atoms with E-state index in [0.29, 0.717) is 16.0 Å². The van der Waals surface area contributed by atoms with Crippen molar-refractivity contribution in [2.24, 2.45) is 0 Å². The summed E-state index contributed by atoms with van der Waals surface area (Å²) in [5.41, 5.74) is 1.16. The Labute approximate surface area is 135 Å². The number of pyridine rings is 2. The predicted molar refractivity (Wildman–Crippen MR) is 81.9 cm³/mol. The molecule has 0 radical (unpaired) electrons. The van der Waals surface area contributed by atoms with Crippen LogP contribution in [0.4, 0.5) is 0 Å². The van der Waals surface area contributed by atoms with Crippen LogP contribution in [0, 0.1) is 0 Å². The molecule has 1 aliphatic rings. The molecule has 3 heterocycles. The Balaban J connectivity index is 1.62. The zero-order chi connectivity index (χ0) is 16.7. The first-order valence-corrected chi connectivity index (χ1v) is 7.05. The molecule has 0 aliphatic carbocycles. The van der Waals surface area contributed by atoms with Gasteiger partial charge < -0.3 is 4.84 Å². The molecular formula is C17H9N3O4. The lowest BCUT2D eigenvalue weighted by Crippen LogP contribution is -2.32. The Morgan fingerprint density at radius 3 is 2.42 bits per heavy atom. The van der Waals surface area contributed by atoms with Gasteiger partial charge in [-0.15, -0.1) is 0 Å². The fraction of sp³-hybridized carbons (Fsp3) is 0. The molecule has 1 aromatic carbocycles. The summed E-state index contributed by atoms with van der Waals surface area (Å²) < 4.78 is 0. The number of imide groups is 1. The number of nitrogens with zero attached hydrogens (tertiary/aromatic N) is 3. The van der Waals surface area contributed by atoms with Gasteiger partial charge in [0.25, 0.3) is 11.8 Å². The smallest absolute Gasteiger partial charge is 0.324 e. The zero-order valence-corrected chi connectivity index (χ0v) is 12.2. The highest BCUT2D eigenvalue weighted by molar-refractivity contribution is 6.21. The number of rotatable bonds is 2. The van der Waals surface area contributed by atoms with Crippen LogP contribution in [0.15, 0.2) is 55.0 Å². The summed E-state index contributed by atoms with van der Waals surface area (Å²) in [5, 5.41) is 1.17. The zero-order valence-electron chi connectivity index (χ0n) is 12.2. The second-order valence-electron chi connectivity index (χ2n) is 5.12. The van der Waals surface area contributed by atoms with Crippen molar-refractivity contribution in [3.63, 3.8) is 0 Å². The number of carbonyl (C=O) groups excluding carboxylic acids is 3. The molecule has 0 spiro atoms. The maximum atomic E-state index is 12.3. The maximum absolute atomic E-state index is 12.3. The molecule has 0 saturated heterocycles. The lowest BCUT2D eigenvalue weighted by molar-refractivity contribution is -0.0584. The number of hydroxylamine groups is 2. The van der Waals surface area contributed by atoms with Gasteiger partial charge in [0, 0.05) is 17.8 Å². The molecule has 3 aromatic rings. The third kappa shape index (κ3) is 2.11. The molecule has 0 N–H and O–H groups in total. The molecule has 2 amide bonds. The van der Waals surface area contributed by atoms with Gasteiger partial charge in [0.2, 0.25) is 0 Å². The molecule has 24 heavy (non-hydrogen) atoms. The molecule has 4 rings (SSSR count). The van der Waals surface area contributed by atoms with Crippen molar-refractivity contribution < 1.29 is 19.2 Å². The number of aromatic nitrogens is 2. The van der Waals surface area contributed by atoms with Crippen LogP contribution in [0.3, 0.4) is 0 Å². The number of hydrogen-bond acceptors (Lipinski definition) is 6. The highest BCUT2D eigenvalue weighted by atomic mass is 16.7. The van der Waals surface area contributed by atoms with Gasteiger partial charge in [0.05, 0.1) is 28.4 Å². The van der Waals surface area contributed by atoms with Gasteiger partial charge in [0.15, 0.2) is 0 Å². The van der Waals surface area contributed by atoms with Crippen LogP contribution in [0.1, 0.15) is 31.1 Å². The summed E-state index contributed by atoms with van der Waals surface area (Å²) in [5.74, 6) is -2.17. The quantitative estimate of drug-likeness (QED) is 0.671. The lowest BCUT2D eigenvalue weighted by Gasteiger charge is -2.12. The summed E-state index contributed by atoms with van der Waals surface area (Å²) in [7, 11) is 0. The summed E-state index contributed by atoms with van der Waals surface area (Å²) in [6.45, 7) is 0. The normalized spacial score (nSPS) is 13.2. The van der Waals surface area contributed by atoms with E-state index >= 15 is 0 Å². The van der Waals surface area contributed by atoms with Crippen molar-refractivity contribution in [3.8, 4) is 0 Å². The van der Waals surface area contributed by atoms with E-state index in [1.165, 1.54) is 18.3 Å². The van der Waals surface area contributed by atoms with Gasteiger partial charge in [-0.25, -0.2) is 4.79 Å². The number of carbonyl (C=O) groups is 3. The predicted octanol–water partition coefficient (Wildman–Crippen LogP) is 2.00. The van der Waals surface area contributed by atoms with Crippen molar-refractivity contribution in [1.29, 1.82) is 0 Å². The van der Waals surface area contributed by atoms with Gasteiger partial charge in [0.1, 0.15) is 0 Å². The third-order valence-electron chi connectivity index (χ3n) is 3.65. The van der Waals surface area contributed by atoms with Crippen LogP contribution >= 0.6 is 0 Å². The van der Waals surface area contributed by atoms with E-state index in [1.807, 2.05) is 0 Å². The average molecular weight is 319 g/mol. The van der Waals surface area contributed by atoms with Crippen molar-refractivity contribution >= 4 is 28.7 Å². The molecule has 7 heteroatoms. The van der Waals surface area contributed by atoms with Gasteiger partial charge >= 0.3 is 5.97 Å². The molecule has 116 valence electrons. The number of amides is 2. The number of fused-ring (bicyclic) bond motifs is 2. The van der Waals surface area contributed by atoms with Crippen LogP contribution in [0.2, 0.25) is 0 Å². The lowest BCUT2D eigenvalue weighted by atomic mass is 10.1. The molecule has 0 saturated carbocycles. The number of benzene rings is 1. The van der Waals surface area contributed by atoms with E-state index in [9.17, 15) is 14.4 Å². The summed E-state index contributed by atoms with van der Waals surface area (Å²) in [4.78, 5) is 49.7. The van der Waals surface area contributed by atoms with Crippen LogP contribution in [-0.4, -0.2) is 32.8 Å². The van der Waals surface area contributed by atoms with Crippen molar-refractivity contribution in [3.05, 3.63) is 71.7 Å². The Hall–Kier alpha value is -3.61. The molecule has 0 bridgehead atoms. The maximum Gasteiger partial charge on any atom is 0.365 e. The standard InChI is InChI=1S/C17H9N3O4/c21-15-12-3-1-2-4-13(12)16(22)20(15)24-17(23)11-7-10-5-6-18-9-14(10)19-8-11/h1-9H. The minimum atomic E-state index is -0.837. The first-order chi connectivity index (χ1) is 11.6. The Morgan fingerprint density at radius 1 is 1.00 bits per heavy atom. The van der Waals surface area contributed by atoms with Gasteiger partial charge in [-0.1, -0.05) is 17.2 Å². The molecule has 0 unspecified atom stereocenters. The van der Waals surface area contributed by atoms with E-state index in [-0.39, 0.29) is 16.7 Å². The topological polar surface area (TPSA) is 89.5 Å². The molecule has 1 aliphatic heterocycles. The minimum absolute atomic E-state index is 0.130. The van der Waals surface area contributed by atoms with Crippen LogP contribution in [-0.2, 0) is 4.84 Å². The summed E-state index contributed by atoms with van der Waals surface area (Å²) in [6.07, 6.45) is 4.45. The first kappa shape index (κ1) is 14.0. The summed E-state index contributed by atoms with van der Waals surface area (Å²) in [6, 6.07) is 9.54. The van der Waals surface area contributed by atoms with Crippen LogP contribution < -0.4 is 0 Å². The van der Waals surface area contributed by atoms with Crippen LogP contribution in [0.25, 0.3) is 10.9 Å². The monoisotopic (exact) mass is 319 g/mol. The van der Waals surface area contributed by atoms with Gasteiger partial charge in [-0.05, 0) is 24.3 Å². The fourth-order valence-electron chi connectivity index (χ4n) is 2.47. The molecule has 2 aromatic heterocycles. The summed E-state index contributed by atoms with van der Waals surface area (Å²) >= 11 is 0. The van der Waals surface area contributed by atoms with Crippen molar-refractivity contribution in [2.45, 2.75) is 0 Å². The Morgan fingerprint density at radius 2 is 1.71 bits per heavy atom. The van der Waals surface area contributed by atoms with E-state index in [2.05, 4.69) is 9.97 Å². The Bertz CT molecular complexity index is 980. The second kappa shape index (κ2) is 5.24. The minimum Gasteiger partial charge on any atom is -0.324 e. The van der Waals surface area contributed by atoms with Crippen molar-refractivity contribution in [1.82, 2.24) is 15.0 Å². The largest absolute Gasteiger partial charge is 0.365 e. The molecule has 7 nitrogen and oxygen atoms in total. The highest BCUT2D eigenvalue weighted by Gasteiger charge is 2.38. The number of hydrogen-bond donors (Lipinski definition) is 0. The highest BCUT2D eigenvalue weighted by Crippen LogP contribution is 2.23. The Kier molecular flexibility index (Phi) is 3.06. The fourth-order valence-corrected chi connectivity index (χ4v) is 2.47. The van der Waals surface area contributed by atoms with Gasteiger partial charge in [-0.2, -0.15) is 0 Å². The van der Waals surface area contributed by atoms with Crippen molar-refractivity contribution in [2.75, 3.05) is 0 Å². The third-order valence-corrected chi connectivity index (χ3v) is 3.65. The SMILES string of the molecule is O=C(ON1C(=O)c2ccccc2C1=O)c1cnc2cnccc2c1. The van der Waals surface area contributed by atoms with E-state index in [1.54, 1.807) is 36.7 Å². The van der Waals surface area contributed by atoms with Gasteiger partial charge in [-0.3, -0.25) is 19.6 Å². The first-order valence-electron chi connectivity index (χ1n) is 7.05. The van der Waals surface area contributed by atoms with E-state index in [4.69, 9.17) is 4.84 Å². The average Bonchev–Trinajstić information content (AvgIpc) is 2.86. The van der Waals surface area contributed by atoms with E-state index in [0.717, 1.165) is 0 Å². The molecular weight excluding hydrogens is 310 g/mol. The van der Waals surface area contributed by atoms with E-state index < -0.39 is 17.8 Å².